The molecule has 0 fully saturated rings. The van der Waals surface area contributed by atoms with Crippen LogP contribution in [0.2, 0.25) is 0 Å². The molecule has 0 spiro atoms. The summed E-state index contributed by atoms with van der Waals surface area (Å²) in [6, 6.07) is 9.33. The molecule has 3 rings (SSSR count). The molecule has 132 valence electrons. The largest absolute Gasteiger partial charge is 0.467 e. The van der Waals surface area contributed by atoms with Crippen LogP contribution in [0.15, 0.2) is 41.0 Å². The van der Waals surface area contributed by atoms with Crippen LogP contribution in [0, 0.1) is 0 Å². The van der Waals surface area contributed by atoms with Crippen molar-refractivity contribution in [3.8, 4) is 0 Å². The number of anilines is 1. The molecule has 0 saturated carbocycles. The average molecular weight is 341 g/mol. The number of nitrogens with zero attached hydrogens (tertiary/aromatic N) is 1. The van der Waals surface area contributed by atoms with Crippen LogP contribution < -0.4 is 10.6 Å². The highest BCUT2D eigenvalue weighted by Crippen LogP contribution is 2.26. The zero-order chi connectivity index (χ0) is 17.8. The Morgan fingerprint density at radius 2 is 2.20 bits per heavy atom. The van der Waals surface area contributed by atoms with E-state index < -0.39 is 0 Å². The van der Waals surface area contributed by atoms with Gasteiger partial charge in [-0.25, -0.2) is 4.79 Å². The van der Waals surface area contributed by atoms with E-state index in [9.17, 15) is 9.59 Å². The molecule has 0 unspecified atom stereocenters. The molecule has 1 aromatic carbocycles. The van der Waals surface area contributed by atoms with Gasteiger partial charge in [-0.05, 0) is 49.6 Å². The minimum absolute atomic E-state index is 0.0538. The second-order valence-electron chi connectivity index (χ2n) is 6.23. The van der Waals surface area contributed by atoms with Gasteiger partial charge < -0.3 is 20.0 Å². The zero-order valence-electron chi connectivity index (χ0n) is 14.5. The second kappa shape index (κ2) is 7.42. The summed E-state index contributed by atoms with van der Waals surface area (Å²) in [5.74, 6) is 0.812. The predicted molar refractivity (Wildman–Crippen MR) is 95.1 cm³/mol. The summed E-state index contributed by atoms with van der Waals surface area (Å²) in [6.07, 6.45) is 2.84. The summed E-state index contributed by atoms with van der Waals surface area (Å²) >= 11 is 0. The fourth-order valence-corrected chi connectivity index (χ4v) is 2.95. The Kier molecular flexibility index (Phi) is 5.07. The molecule has 2 heterocycles. The minimum Gasteiger partial charge on any atom is -0.467 e. The number of fused-ring (bicyclic) bond motifs is 1. The Labute approximate surface area is 147 Å². The molecule has 0 aliphatic carbocycles. The fraction of sp³-hybridized carbons (Fsp3) is 0.368. The molecular formula is C19H23N3O3. The number of hydrogen-bond donors (Lipinski definition) is 2. The number of rotatable bonds is 5. The monoisotopic (exact) mass is 341 g/mol. The van der Waals surface area contributed by atoms with Crippen molar-refractivity contribution in [2.45, 2.75) is 39.3 Å². The molecule has 1 atom stereocenters. The van der Waals surface area contributed by atoms with Gasteiger partial charge in [0.1, 0.15) is 5.76 Å². The first-order valence-electron chi connectivity index (χ1n) is 8.57. The molecule has 3 amide bonds. The standard InChI is InChI=1S/C19H23N3O3/c1-3-22(12-16-5-4-10-25-16)19(24)20-13(2)14-6-8-17-15(11-14)7-9-18(23)21-17/h4-6,8,10-11,13H,3,7,9,12H2,1-2H3,(H,20,24)(H,21,23)/t13-/m0/s1. The van der Waals surface area contributed by atoms with Gasteiger partial charge in [0.15, 0.2) is 0 Å². The number of aryl methyl sites for hydroxylation is 1. The first kappa shape index (κ1) is 17.1. The van der Waals surface area contributed by atoms with Crippen LogP contribution in [0.1, 0.15) is 43.2 Å². The zero-order valence-corrected chi connectivity index (χ0v) is 14.5. The van der Waals surface area contributed by atoms with Crippen LogP contribution in [0.25, 0.3) is 0 Å². The SMILES string of the molecule is CCN(Cc1ccco1)C(=O)N[C@@H](C)c1ccc2c(c1)CCC(=O)N2. The summed E-state index contributed by atoms with van der Waals surface area (Å²) < 4.78 is 5.32. The highest BCUT2D eigenvalue weighted by molar-refractivity contribution is 5.93. The van der Waals surface area contributed by atoms with Crippen LogP contribution in [0.3, 0.4) is 0 Å². The molecule has 0 bridgehead atoms. The first-order valence-corrected chi connectivity index (χ1v) is 8.57. The van der Waals surface area contributed by atoms with E-state index in [0.717, 1.165) is 29.0 Å². The number of furan rings is 1. The first-order chi connectivity index (χ1) is 12.1. The summed E-state index contributed by atoms with van der Waals surface area (Å²) in [4.78, 5) is 25.7. The molecular weight excluding hydrogens is 318 g/mol. The van der Waals surface area contributed by atoms with Crippen molar-refractivity contribution in [1.29, 1.82) is 0 Å². The van der Waals surface area contributed by atoms with Gasteiger partial charge in [0.05, 0.1) is 18.8 Å². The van der Waals surface area contributed by atoms with Gasteiger partial charge in [0.2, 0.25) is 5.91 Å². The number of benzene rings is 1. The second-order valence-corrected chi connectivity index (χ2v) is 6.23. The fourth-order valence-electron chi connectivity index (χ4n) is 2.95. The molecule has 6 heteroatoms. The number of urea groups is 1. The third kappa shape index (κ3) is 4.02. The molecule has 2 aromatic rings. The van der Waals surface area contributed by atoms with Crippen molar-refractivity contribution in [1.82, 2.24) is 10.2 Å². The van der Waals surface area contributed by atoms with Gasteiger partial charge in [-0.3, -0.25) is 4.79 Å². The lowest BCUT2D eigenvalue weighted by Gasteiger charge is -2.24. The van der Waals surface area contributed by atoms with E-state index in [1.807, 2.05) is 38.1 Å². The van der Waals surface area contributed by atoms with Crippen molar-refractivity contribution >= 4 is 17.6 Å². The Hall–Kier alpha value is -2.76. The highest BCUT2D eigenvalue weighted by Gasteiger charge is 2.19. The summed E-state index contributed by atoms with van der Waals surface area (Å²) in [7, 11) is 0. The van der Waals surface area contributed by atoms with Crippen molar-refractivity contribution in [3.05, 3.63) is 53.5 Å². The molecule has 1 aromatic heterocycles. The Bertz CT molecular complexity index is 755. The molecule has 0 saturated heterocycles. The lowest BCUT2D eigenvalue weighted by atomic mass is 9.98. The van der Waals surface area contributed by atoms with Gasteiger partial charge in [0.25, 0.3) is 0 Å². The Morgan fingerprint density at radius 3 is 2.92 bits per heavy atom. The average Bonchev–Trinajstić information content (AvgIpc) is 3.12. The van der Waals surface area contributed by atoms with Gasteiger partial charge in [-0.1, -0.05) is 12.1 Å². The third-order valence-electron chi connectivity index (χ3n) is 4.46. The van der Waals surface area contributed by atoms with E-state index in [1.54, 1.807) is 11.2 Å². The quantitative estimate of drug-likeness (QED) is 0.874. The summed E-state index contributed by atoms with van der Waals surface area (Å²) in [5.41, 5.74) is 3.00. The van der Waals surface area contributed by atoms with Crippen molar-refractivity contribution in [3.63, 3.8) is 0 Å². The number of amides is 3. The van der Waals surface area contributed by atoms with E-state index in [2.05, 4.69) is 16.7 Å². The molecule has 6 nitrogen and oxygen atoms in total. The van der Waals surface area contributed by atoms with Crippen molar-refractivity contribution in [2.24, 2.45) is 0 Å². The maximum absolute atomic E-state index is 12.5. The molecule has 25 heavy (non-hydrogen) atoms. The normalized spacial score (nSPS) is 14.4. The lowest BCUT2D eigenvalue weighted by Crippen LogP contribution is -2.40. The van der Waals surface area contributed by atoms with E-state index in [-0.39, 0.29) is 18.0 Å². The highest BCUT2D eigenvalue weighted by atomic mass is 16.3. The van der Waals surface area contributed by atoms with Crippen LogP contribution in [0.5, 0.6) is 0 Å². The number of carbonyl (C=O) groups excluding carboxylic acids is 2. The van der Waals surface area contributed by atoms with Gasteiger partial charge in [0, 0.05) is 18.7 Å². The van der Waals surface area contributed by atoms with E-state index >= 15 is 0 Å². The topological polar surface area (TPSA) is 74.6 Å². The van der Waals surface area contributed by atoms with Crippen LogP contribution in [0.4, 0.5) is 10.5 Å². The predicted octanol–water partition coefficient (Wildman–Crippen LogP) is 3.46. The van der Waals surface area contributed by atoms with Crippen molar-refractivity contribution in [2.75, 3.05) is 11.9 Å². The van der Waals surface area contributed by atoms with E-state index in [4.69, 9.17) is 4.42 Å². The van der Waals surface area contributed by atoms with Crippen LogP contribution >= 0.6 is 0 Å². The maximum atomic E-state index is 12.5. The van der Waals surface area contributed by atoms with Crippen molar-refractivity contribution < 1.29 is 14.0 Å². The number of hydrogen-bond acceptors (Lipinski definition) is 3. The molecule has 1 aliphatic heterocycles. The summed E-state index contributed by atoms with van der Waals surface area (Å²) in [6.45, 7) is 4.93. The van der Waals surface area contributed by atoms with Gasteiger partial charge >= 0.3 is 6.03 Å². The Morgan fingerprint density at radius 1 is 1.36 bits per heavy atom. The Balaban J connectivity index is 1.65. The number of nitrogens with one attached hydrogen (secondary N) is 2. The lowest BCUT2D eigenvalue weighted by molar-refractivity contribution is -0.116. The summed E-state index contributed by atoms with van der Waals surface area (Å²) in [5, 5.41) is 5.91. The maximum Gasteiger partial charge on any atom is 0.318 e. The van der Waals surface area contributed by atoms with Crippen LogP contribution in [-0.2, 0) is 17.8 Å². The van der Waals surface area contributed by atoms with Gasteiger partial charge in [-0.2, -0.15) is 0 Å². The molecule has 2 N–H and O–H groups in total. The van der Waals surface area contributed by atoms with E-state index in [0.29, 0.717) is 19.5 Å². The van der Waals surface area contributed by atoms with E-state index in [1.165, 1.54) is 0 Å². The smallest absolute Gasteiger partial charge is 0.318 e. The van der Waals surface area contributed by atoms with Gasteiger partial charge in [-0.15, -0.1) is 0 Å². The minimum atomic E-state index is -0.127. The molecule has 0 radical (unpaired) electrons. The molecule has 1 aliphatic rings. The third-order valence-corrected chi connectivity index (χ3v) is 4.46. The van der Waals surface area contributed by atoms with Crippen LogP contribution in [-0.4, -0.2) is 23.4 Å². The number of carbonyl (C=O) groups is 2.